The topological polar surface area (TPSA) is 99.1 Å². The first-order valence-electron chi connectivity index (χ1n) is 8.10. The molecule has 7 heteroatoms. The minimum Gasteiger partial charge on any atom is -0.423 e. The predicted octanol–water partition coefficient (Wildman–Crippen LogP) is 4.22. The SMILES string of the molecule is C=C(C)C(=O)Oc1ccc(-c2cc(OC(=O)C(=C)C)cc(C(=O)N=O)c2)cc1. The first-order valence-corrected chi connectivity index (χ1v) is 8.10. The summed E-state index contributed by atoms with van der Waals surface area (Å²) in [5.74, 6) is -1.84. The van der Waals surface area contributed by atoms with Crippen molar-refractivity contribution in [3.05, 3.63) is 77.2 Å². The van der Waals surface area contributed by atoms with Gasteiger partial charge in [0.05, 0.1) is 0 Å². The van der Waals surface area contributed by atoms with Crippen LogP contribution in [0, 0.1) is 4.91 Å². The summed E-state index contributed by atoms with van der Waals surface area (Å²) in [6.45, 7) is 10.0. The van der Waals surface area contributed by atoms with Crippen molar-refractivity contribution in [2.45, 2.75) is 13.8 Å². The minimum absolute atomic E-state index is 0.0326. The molecule has 0 aromatic heterocycles. The fourth-order valence-electron chi connectivity index (χ4n) is 2.10. The zero-order valence-corrected chi connectivity index (χ0v) is 15.4. The maximum Gasteiger partial charge on any atom is 0.338 e. The van der Waals surface area contributed by atoms with Crippen molar-refractivity contribution in [1.82, 2.24) is 0 Å². The summed E-state index contributed by atoms with van der Waals surface area (Å²) in [5, 5.41) is 2.40. The lowest BCUT2D eigenvalue weighted by molar-refractivity contribution is -0.130. The average Bonchev–Trinajstić information content (AvgIpc) is 2.67. The van der Waals surface area contributed by atoms with Gasteiger partial charge in [0.2, 0.25) is 0 Å². The number of carbonyl (C=O) groups excluding carboxylic acids is 3. The monoisotopic (exact) mass is 379 g/mol. The Bertz CT molecular complexity index is 988. The highest BCUT2D eigenvalue weighted by Gasteiger charge is 2.14. The molecule has 28 heavy (non-hydrogen) atoms. The van der Waals surface area contributed by atoms with E-state index in [2.05, 4.69) is 18.3 Å². The van der Waals surface area contributed by atoms with Gasteiger partial charge in [-0.25, -0.2) is 9.59 Å². The Kier molecular flexibility index (Phi) is 6.34. The summed E-state index contributed by atoms with van der Waals surface area (Å²) < 4.78 is 10.3. The van der Waals surface area contributed by atoms with Gasteiger partial charge in [-0.3, -0.25) is 4.79 Å². The highest BCUT2D eigenvalue weighted by Crippen LogP contribution is 2.28. The summed E-state index contributed by atoms with van der Waals surface area (Å²) in [4.78, 5) is 45.7. The van der Waals surface area contributed by atoms with Gasteiger partial charge in [0.15, 0.2) is 0 Å². The molecule has 0 aliphatic carbocycles. The Morgan fingerprint density at radius 1 is 0.786 bits per heavy atom. The Balaban J connectivity index is 2.40. The van der Waals surface area contributed by atoms with Gasteiger partial charge in [-0.2, -0.15) is 0 Å². The van der Waals surface area contributed by atoms with Crippen molar-refractivity contribution in [2.75, 3.05) is 0 Å². The van der Waals surface area contributed by atoms with E-state index in [1.165, 1.54) is 32.0 Å². The van der Waals surface area contributed by atoms with E-state index in [1.54, 1.807) is 24.3 Å². The largest absolute Gasteiger partial charge is 0.423 e. The number of esters is 2. The molecule has 2 rings (SSSR count). The van der Waals surface area contributed by atoms with Gasteiger partial charge in [-0.15, -0.1) is 4.91 Å². The molecule has 1 amide bonds. The van der Waals surface area contributed by atoms with E-state index in [-0.39, 0.29) is 22.5 Å². The molecule has 0 N–H and O–H groups in total. The van der Waals surface area contributed by atoms with Gasteiger partial charge in [0.25, 0.3) is 0 Å². The summed E-state index contributed by atoms with van der Waals surface area (Å²) in [5.41, 5.74) is 1.53. The molecule has 0 spiro atoms. The minimum atomic E-state index is -0.999. The molecular formula is C21H17NO6. The fraction of sp³-hybridized carbons (Fsp3) is 0.0952. The van der Waals surface area contributed by atoms with E-state index in [1.807, 2.05) is 0 Å². The molecule has 0 atom stereocenters. The first kappa shape index (κ1) is 20.4. The number of hydrogen-bond donors (Lipinski definition) is 0. The van der Waals surface area contributed by atoms with Crippen molar-refractivity contribution in [3.8, 4) is 22.6 Å². The van der Waals surface area contributed by atoms with Crippen molar-refractivity contribution < 1.29 is 23.9 Å². The lowest BCUT2D eigenvalue weighted by atomic mass is 10.0. The van der Waals surface area contributed by atoms with Gasteiger partial charge in [-0.1, -0.05) is 25.3 Å². The lowest BCUT2D eigenvalue weighted by Crippen LogP contribution is -2.09. The molecule has 7 nitrogen and oxygen atoms in total. The van der Waals surface area contributed by atoms with Gasteiger partial charge in [0, 0.05) is 21.9 Å². The van der Waals surface area contributed by atoms with Crippen LogP contribution in [0.5, 0.6) is 11.5 Å². The third-order valence-electron chi connectivity index (χ3n) is 3.54. The fourth-order valence-corrected chi connectivity index (χ4v) is 2.10. The Morgan fingerprint density at radius 3 is 1.82 bits per heavy atom. The van der Waals surface area contributed by atoms with Crippen molar-refractivity contribution in [1.29, 1.82) is 0 Å². The number of ether oxygens (including phenoxy) is 2. The second-order valence-corrected chi connectivity index (χ2v) is 6.01. The highest BCUT2D eigenvalue weighted by atomic mass is 16.5. The number of hydrogen-bond acceptors (Lipinski definition) is 6. The van der Waals surface area contributed by atoms with Crippen LogP contribution in [0.4, 0.5) is 0 Å². The Hall–Kier alpha value is -3.87. The number of benzene rings is 2. The maximum absolute atomic E-state index is 11.8. The normalized spacial score (nSPS) is 9.93. The molecular weight excluding hydrogens is 362 g/mol. The van der Waals surface area contributed by atoms with Crippen LogP contribution < -0.4 is 9.47 Å². The zero-order chi connectivity index (χ0) is 20.8. The van der Waals surface area contributed by atoms with E-state index in [4.69, 9.17) is 9.47 Å². The Morgan fingerprint density at radius 2 is 1.32 bits per heavy atom. The molecule has 0 heterocycles. The molecule has 2 aromatic rings. The first-order chi connectivity index (χ1) is 13.2. The standard InChI is InChI=1S/C21H17NO6/c1-12(2)20(24)27-17-7-5-14(6-8-17)15-9-16(19(23)22-26)11-18(10-15)28-21(25)13(3)4/h5-11H,1,3H2,2,4H3. The van der Waals surface area contributed by atoms with Gasteiger partial charge >= 0.3 is 17.8 Å². The third kappa shape index (κ3) is 5.07. The molecule has 2 aromatic carbocycles. The average molecular weight is 379 g/mol. The van der Waals surface area contributed by atoms with Crippen molar-refractivity contribution in [2.24, 2.45) is 5.18 Å². The quantitative estimate of drug-likeness (QED) is 0.322. The maximum atomic E-state index is 11.8. The smallest absolute Gasteiger partial charge is 0.338 e. The predicted molar refractivity (Wildman–Crippen MR) is 103 cm³/mol. The molecule has 0 radical (unpaired) electrons. The van der Waals surface area contributed by atoms with Crippen LogP contribution in [0.15, 0.2) is 71.9 Å². The van der Waals surface area contributed by atoms with Crippen LogP contribution in [0.1, 0.15) is 24.2 Å². The molecule has 0 fully saturated rings. The molecule has 0 unspecified atom stereocenters. The number of amides is 1. The highest BCUT2D eigenvalue weighted by molar-refractivity contribution is 5.97. The van der Waals surface area contributed by atoms with Gasteiger partial charge in [0.1, 0.15) is 11.5 Å². The second-order valence-electron chi connectivity index (χ2n) is 6.01. The van der Waals surface area contributed by atoms with Crippen LogP contribution in [0.25, 0.3) is 11.1 Å². The summed E-state index contributed by atoms with van der Waals surface area (Å²) in [6, 6.07) is 10.6. The van der Waals surface area contributed by atoms with Crippen LogP contribution >= 0.6 is 0 Å². The van der Waals surface area contributed by atoms with E-state index in [9.17, 15) is 19.3 Å². The summed E-state index contributed by atoms with van der Waals surface area (Å²) in [6.07, 6.45) is 0. The van der Waals surface area contributed by atoms with Crippen LogP contribution in [-0.4, -0.2) is 17.8 Å². The number of carbonyl (C=O) groups is 3. The molecule has 0 aliphatic rings. The van der Waals surface area contributed by atoms with E-state index in [0.29, 0.717) is 16.9 Å². The second kappa shape index (κ2) is 8.68. The van der Waals surface area contributed by atoms with Crippen molar-refractivity contribution in [3.63, 3.8) is 0 Å². The number of nitrogens with zero attached hydrogens (tertiary/aromatic N) is 1. The lowest BCUT2D eigenvalue weighted by Gasteiger charge is -2.10. The molecule has 142 valence electrons. The summed E-state index contributed by atoms with van der Waals surface area (Å²) >= 11 is 0. The molecule has 0 bridgehead atoms. The number of nitroso groups, excluding NO2 is 1. The van der Waals surface area contributed by atoms with Gasteiger partial charge < -0.3 is 9.47 Å². The number of rotatable bonds is 6. The van der Waals surface area contributed by atoms with Crippen LogP contribution in [0.2, 0.25) is 0 Å². The molecule has 0 aliphatic heterocycles. The van der Waals surface area contributed by atoms with Crippen LogP contribution in [0.3, 0.4) is 0 Å². The van der Waals surface area contributed by atoms with Crippen LogP contribution in [-0.2, 0) is 9.59 Å². The molecule has 0 saturated carbocycles. The third-order valence-corrected chi connectivity index (χ3v) is 3.54. The summed E-state index contributed by atoms with van der Waals surface area (Å²) in [7, 11) is 0. The Labute approximate surface area is 161 Å². The van der Waals surface area contributed by atoms with E-state index >= 15 is 0 Å². The van der Waals surface area contributed by atoms with E-state index < -0.39 is 17.8 Å². The van der Waals surface area contributed by atoms with Crippen molar-refractivity contribution >= 4 is 17.8 Å². The van der Waals surface area contributed by atoms with Gasteiger partial charge in [-0.05, 0) is 55.3 Å². The van der Waals surface area contributed by atoms with E-state index in [0.717, 1.165) is 0 Å². The zero-order valence-electron chi connectivity index (χ0n) is 15.4. The molecule has 0 saturated heterocycles.